The molecule has 88 valence electrons. The molecule has 0 aliphatic heterocycles. The molecule has 0 atom stereocenters. The van der Waals surface area contributed by atoms with Gasteiger partial charge in [-0.2, -0.15) is 4.98 Å². The Hall–Kier alpha value is -2.10. The molecule has 0 saturated heterocycles. The van der Waals surface area contributed by atoms with Gasteiger partial charge in [-0.25, -0.2) is 4.98 Å². The molecule has 1 aromatic heterocycles. The number of benzene rings is 1. The Balaban J connectivity index is 2.47. The Bertz CT molecular complexity index is 526. The van der Waals surface area contributed by atoms with Gasteiger partial charge in [0.25, 0.3) is 0 Å². The number of aryl methyl sites for hydroxylation is 1. The van der Waals surface area contributed by atoms with Gasteiger partial charge in [-0.05, 0) is 18.1 Å². The van der Waals surface area contributed by atoms with Crippen LogP contribution in [0.15, 0.2) is 30.3 Å². The fourth-order valence-corrected chi connectivity index (χ4v) is 1.65. The summed E-state index contributed by atoms with van der Waals surface area (Å²) in [6.45, 7) is 2.12. The number of nitrogen functional groups attached to an aromatic ring is 1. The van der Waals surface area contributed by atoms with Crippen LogP contribution < -0.4 is 10.5 Å². The van der Waals surface area contributed by atoms with E-state index >= 15 is 0 Å². The zero-order chi connectivity index (χ0) is 12.3. The number of hydrogen-bond donors (Lipinski definition) is 1. The maximum atomic E-state index is 5.64. The van der Waals surface area contributed by atoms with Gasteiger partial charge >= 0.3 is 0 Å². The van der Waals surface area contributed by atoms with E-state index in [0.29, 0.717) is 5.88 Å². The van der Waals surface area contributed by atoms with E-state index in [9.17, 15) is 0 Å². The normalized spacial score (nSPS) is 10.2. The fraction of sp³-hybridized carbons (Fsp3) is 0.231. The van der Waals surface area contributed by atoms with E-state index in [4.69, 9.17) is 10.5 Å². The van der Waals surface area contributed by atoms with Crippen LogP contribution in [0, 0.1) is 0 Å². The molecule has 0 amide bonds. The maximum Gasteiger partial charge on any atom is 0.223 e. The topological polar surface area (TPSA) is 61.0 Å². The first kappa shape index (κ1) is 11.4. The second-order valence-corrected chi connectivity index (χ2v) is 3.71. The highest BCUT2D eigenvalue weighted by atomic mass is 16.5. The van der Waals surface area contributed by atoms with Crippen LogP contribution in [0.1, 0.15) is 12.5 Å². The number of anilines is 1. The molecule has 1 heterocycles. The molecule has 2 N–H and O–H groups in total. The van der Waals surface area contributed by atoms with Crippen LogP contribution >= 0.6 is 0 Å². The number of nitrogens with two attached hydrogens (primary N) is 1. The molecule has 0 radical (unpaired) electrons. The van der Waals surface area contributed by atoms with Crippen molar-refractivity contribution >= 4 is 5.95 Å². The minimum Gasteiger partial charge on any atom is -0.481 e. The molecule has 0 aliphatic rings. The van der Waals surface area contributed by atoms with Gasteiger partial charge < -0.3 is 10.5 Å². The van der Waals surface area contributed by atoms with Crippen LogP contribution in [-0.4, -0.2) is 17.1 Å². The summed E-state index contributed by atoms with van der Waals surface area (Å²) in [6.07, 6.45) is 0.992. The summed E-state index contributed by atoms with van der Waals surface area (Å²) in [7, 11) is 1.56. The van der Waals surface area contributed by atoms with Gasteiger partial charge in [0.1, 0.15) is 0 Å². The highest BCUT2D eigenvalue weighted by molar-refractivity contribution is 5.62. The largest absolute Gasteiger partial charge is 0.481 e. The minimum absolute atomic E-state index is 0.223. The lowest BCUT2D eigenvalue weighted by Crippen LogP contribution is -1.99. The molecule has 0 unspecified atom stereocenters. The van der Waals surface area contributed by atoms with Crippen LogP contribution in [0.25, 0.3) is 11.3 Å². The highest BCUT2D eigenvalue weighted by Crippen LogP contribution is 2.22. The molecule has 0 bridgehead atoms. The molecule has 17 heavy (non-hydrogen) atoms. The molecule has 0 fully saturated rings. The number of rotatable bonds is 3. The lowest BCUT2D eigenvalue weighted by molar-refractivity contribution is 0.398. The van der Waals surface area contributed by atoms with Crippen molar-refractivity contribution in [2.24, 2.45) is 0 Å². The molecule has 2 rings (SSSR count). The van der Waals surface area contributed by atoms with Gasteiger partial charge in [0.05, 0.1) is 12.8 Å². The third-order valence-electron chi connectivity index (χ3n) is 2.56. The van der Waals surface area contributed by atoms with Crippen molar-refractivity contribution < 1.29 is 4.74 Å². The van der Waals surface area contributed by atoms with Crippen molar-refractivity contribution in [2.75, 3.05) is 12.8 Å². The van der Waals surface area contributed by atoms with Crippen LogP contribution in [0.2, 0.25) is 0 Å². The quantitative estimate of drug-likeness (QED) is 0.877. The number of aromatic nitrogens is 2. The lowest BCUT2D eigenvalue weighted by Gasteiger charge is -2.06. The summed E-state index contributed by atoms with van der Waals surface area (Å²) < 4.78 is 5.08. The van der Waals surface area contributed by atoms with Crippen LogP contribution in [0.5, 0.6) is 5.88 Å². The second-order valence-electron chi connectivity index (χ2n) is 3.71. The minimum atomic E-state index is 0.223. The Morgan fingerprint density at radius 2 is 2.06 bits per heavy atom. The second kappa shape index (κ2) is 4.82. The summed E-state index contributed by atoms with van der Waals surface area (Å²) in [6, 6.07) is 9.98. The van der Waals surface area contributed by atoms with Crippen molar-refractivity contribution in [3.8, 4) is 17.1 Å². The first-order valence-electron chi connectivity index (χ1n) is 5.50. The zero-order valence-corrected chi connectivity index (χ0v) is 9.97. The number of nitrogens with zero attached hydrogens (tertiary/aromatic N) is 2. The molecule has 4 heteroatoms. The van der Waals surface area contributed by atoms with Crippen LogP contribution in [-0.2, 0) is 6.42 Å². The molecule has 0 aliphatic carbocycles. The Labute approximate surface area is 100 Å². The van der Waals surface area contributed by atoms with E-state index in [0.717, 1.165) is 17.7 Å². The van der Waals surface area contributed by atoms with Gasteiger partial charge in [0.15, 0.2) is 0 Å². The zero-order valence-electron chi connectivity index (χ0n) is 9.97. The summed E-state index contributed by atoms with van der Waals surface area (Å²) in [5.41, 5.74) is 8.71. The van der Waals surface area contributed by atoms with E-state index in [1.165, 1.54) is 5.56 Å². The standard InChI is InChI=1S/C13H15N3O/c1-3-9-5-4-6-10(7-9)11-8-12(17-2)16-13(14)15-11/h4-8H,3H2,1-2H3,(H2,14,15,16). The third-order valence-corrected chi connectivity index (χ3v) is 2.56. The van der Waals surface area contributed by atoms with E-state index in [1.807, 2.05) is 12.1 Å². The van der Waals surface area contributed by atoms with Gasteiger partial charge in [-0.1, -0.05) is 25.1 Å². The number of hydrogen-bond acceptors (Lipinski definition) is 4. The molecule has 2 aromatic rings. The average molecular weight is 229 g/mol. The fourth-order valence-electron chi connectivity index (χ4n) is 1.65. The van der Waals surface area contributed by atoms with Crippen molar-refractivity contribution in [1.29, 1.82) is 0 Å². The van der Waals surface area contributed by atoms with Crippen molar-refractivity contribution in [1.82, 2.24) is 9.97 Å². The summed E-state index contributed by atoms with van der Waals surface area (Å²) in [4.78, 5) is 8.18. The van der Waals surface area contributed by atoms with E-state index in [-0.39, 0.29) is 5.95 Å². The molecule has 4 nitrogen and oxygen atoms in total. The monoisotopic (exact) mass is 229 g/mol. The molecule has 1 aromatic carbocycles. The molecule has 0 saturated carbocycles. The van der Waals surface area contributed by atoms with Crippen molar-refractivity contribution in [3.63, 3.8) is 0 Å². The molecular weight excluding hydrogens is 214 g/mol. The SMILES string of the molecule is CCc1cccc(-c2cc(OC)nc(N)n2)c1. The number of methoxy groups -OCH3 is 1. The number of ether oxygens (including phenoxy) is 1. The Kier molecular flexibility index (Phi) is 3.23. The Morgan fingerprint density at radius 3 is 2.76 bits per heavy atom. The van der Waals surface area contributed by atoms with E-state index < -0.39 is 0 Å². The average Bonchev–Trinajstić information content (AvgIpc) is 2.38. The van der Waals surface area contributed by atoms with Crippen LogP contribution in [0.3, 0.4) is 0 Å². The predicted molar refractivity (Wildman–Crippen MR) is 67.8 cm³/mol. The maximum absolute atomic E-state index is 5.64. The third kappa shape index (κ3) is 2.53. The van der Waals surface area contributed by atoms with E-state index in [1.54, 1.807) is 13.2 Å². The lowest BCUT2D eigenvalue weighted by atomic mass is 10.1. The van der Waals surface area contributed by atoms with Crippen molar-refractivity contribution in [2.45, 2.75) is 13.3 Å². The Morgan fingerprint density at radius 1 is 1.24 bits per heavy atom. The van der Waals surface area contributed by atoms with Gasteiger partial charge in [-0.3, -0.25) is 0 Å². The van der Waals surface area contributed by atoms with Gasteiger partial charge in [-0.15, -0.1) is 0 Å². The highest BCUT2D eigenvalue weighted by Gasteiger charge is 2.05. The smallest absolute Gasteiger partial charge is 0.223 e. The molecule has 0 spiro atoms. The summed E-state index contributed by atoms with van der Waals surface area (Å²) in [5, 5.41) is 0. The van der Waals surface area contributed by atoms with Crippen LogP contribution in [0.4, 0.5) is 5.95 Å². The summed E-state index contributed by atoms with van der Waals surface area (Å²) in [5.74, 6) is 0.704. The molecular formula is C13H15N3O. The van der Waals surface area contributed by atoms with Crippen molar-refractivity contribution in [3.05, 3.63) is 35.9 Å². The first-order chi connectivity index (χ1) is 8.22. The first-order valence-corrected chi connectivity index (χ1v) is 5.50. The van der Waals surface area contributed by atoms with Gasteiger partial charge in [0.2, 0.25) is 11.8 Å². The predicted octanol–water partition coefficient (Wildman–Crippen LogP) is 2.30. The van der Waals surface area contributed by atoms with E-state index in [2.05, 4.69) is 29.0 Å². The van der Waals surface area contributed by atoms with Gasteiger partial charge in [0, 0.05) is 11.6 Å². The summed E-state index contributed by atoms with van der Waals surface area (Å²) >= 11 is 0.